The topological polar surface area (TPSA) is 78.5 Å². The van der Waals surface area contributed by atoms with E-state index in [2.05, 4.69) is 11.9 Å². The maximum absolute atomic E-state index is 14.8. The first-order chi connectivity index (χ1) is 18.7. The Bertz CT molecular complexity index is 1320. The van der Waals surface area contributed by atoms with Gasteiger partial charge in [-0.25, -0.2) is 4.39 Å². The maximum Gasteiger partial charge on any atom is 0.471 e. The van der Waals surface area contributed by atoms with Gasteiger partial charge < -0.3 is 15.5 Å². The Labute approximate surface area is 224 Å². The Kier molecular flexibility index (Phi) is 7.95. The Balaban J connectivity index is 1.59. The van der Waals surface area contributed by atoms with E-state index in [0.717, 1.165) is 23.1 Å². The highest BCUT2D eigenvalue weighted by Gasteiger charge is 2.44. The van der Waals surface area contributed by atoms with Crippen molar-refractivity contribution in [3.05, 3.63) is 77.6 Å². The van der Waals surface area contributed by atoms with Crippen molar-refractivity contribution in [2.24, 2.45) is 11.8 Å². The number of nitrogens with one attached hydrogen (secondary N) is 2. The van der Waals surface area contributed by atoms with Crippen molar-refractivity contribution in [2.45, 2.75) is 43.7 Å². The predicted octanol–water partition coefficient (Wildman–Crippen LogP) is 5.63. The third kappa shape index (κ3) is 6.28. The zero-order valence-electron chi connectivity index (χ0n) is 20.8. The lowest BCUT2D eigenvalue weighted by molar-refractivity contribution is -0.167. The molecule has 3 amide bonds. The lowest BCUT2D eigenvalue weighted by Gasteiger charge is -2.28. The number of anilines is 1. The van der Waals surface area contributed by atoms with Crippen molar-refractivity contribution < 1.29 is 45.1 Å². The Morgan fingerprint density at radius 3 is 2.27 bits per heavy atom. The second-order valence-electron chi connectivity index (χ2n) is 9.76. The van der Waals surface area contributed by atoms with Gasteiger partial charge in [0.05, 0.1) is 22.9 Å². The standard InChI is InChI=1S/C27H24F7N3O3/c1-2-14-11-21(37(13-14)24(39)18-5-3-4-6-20(18)35-25(40)27(32,33)34)23(38)36-22(15-7-8-15)17-10-9-16(12-19(17)28)26(29,30)31/h2-6,9-10,12,14-15,21-22H,1,7-8,11,13H2,(H,35,40)(H,36,38)/t14-,21-,22-/m1/s1. The molecule has 1 aliphatic carbocycles. The highest BCUT2D eigenvalue weighted by molar-refractivity contribution is 6.06. The highest BCUT2D eigenvalue weighted by Crippen LogP contribution is 2.43. The molecule has 2 aliphatic rings. The maximum atomic E-state index is 14.8. The second-order valence-corrected chi connectivity index (χ2v) is 9.76. The van der Waals surface area contributed by atoms with Crippen LogP contribution < -0.4 is 10.6 Å². The lowest BCUT2D eigenvalue weighted by atomic mass is 9.98. The Morgan fingerprint density at radius 1 is 1.02 bits per heavy atom. The lowest BCUT2D eigenvalue weighted by Crippen LogP contribution is -2.47. The molecular weight excluding hydrogens is 547 g/mol. The van der Waals surface area contributed by atoms with Crippen LogP contribution in [0.1, 0.15) is 46.8 Å². The number of halogens is 7. The van der Waals surface area contributed by atoms with Crippen molar-refractivity contribution in [1.29, 1.82) is 0 Å². The Morgan fingerprint density at radius 2 is 1.70 bits per heavy atom. The van der Waals surface area contributed by atoms with E-state index in [1.165, 1.54) is 24.3 Å². The van der Waals surface area contributed by atoms with Crippen LogP contribution in [0.3, 0.4) is 0 Å². The van der Waals surface area contributed by atoms with Crippen LogP contribution in [0, 0.1) is 17.7 Å². The van der Waals surface area contributed by atoms with Crippen LogP contribution in [-0.4, -0.2) is 41.4 Å². The number of hydrogen-bond acceptors (Lipinski definition) is 3. The van der Waals surface area contributed by atoms with Crippen LogP contribution in [0.15, 0.2) is 55.1 Å². The summed E-state index contributed by atoms with van der Waals surface area (Å²) in [5.41, 5.74) is -1.98. The van der Waals surface area contributed by atoms with Crippen LogP contribution >= 0.6 is 0 Å². The van der Waals surface area contributed by atoms with E-state index in [4.69, 9.17) is 0 Å². The summed E-state index contributed by atoms with van der Waals surface area (Å²) in [6.07, 6.45) is -7.14. The number of nitrogens with zero attached hydrogens (tertiary/aromatic N) is 1. The SMILES string of the molecule is C=C[C@@H]1C[C@H](C(=O)N[C@@H](c2ccc(C(F)(F)F)cc2F)C2CC2)N(C(=O)c2ccccc2NC(=O)C(F)(F)F)C1. The summed E-state index contributed by atoms with van der Waals surface area (Å²) >= 11 is 0. The zero-order valence-corrected chi connectivity index (χ0v) is 20.8. The number of hydrogen-bond donors (Lipinski definition) is 2. The van der Waals surface area contributed by atoms with Crippen LogP contribution in [0.5, 0.6) is 0 Å². The monoisotopic (exact) mass is 571 g/mol. The highest BCUT2D eigenvalue weighted by atomic mass is 19.4. The van der Waals surface area contributed by atoms with Crippen LogP contribution in [-0.2, 0) is 15.8 Å². The molecule has 0 radical (unpaired) electrons. The molecule has 40 heavy (non-hydrogen) atoms. The van der Waals surface area contributed by atoms with E-state index < -0.39 is 59.2 Å². The fraction of sp³-hybridized carbons (Fsp3) is 0.370. The van der Waals surface area contributed by atoms with Crippen molar-refractivity contribution in [3.8, 4) is 0 Å². The van der Waals surface area contributed by atoms with Gasteiger partial charge in [0.25, 0.3) is 5.91 Å². The van der Waals surface area contributed by atoms with Gasteiger partial charge in [-0.3, -0.25) is 14.4 Å². The number of amides is 3. The number of benzene rings is 2. The second kappa shape index (κ2) is 10.9. The molecule has 0 bridgehead atoms. The molecule has 1 heterocycles. The van der Waals surface area contributed by atoms with Crippen LogP contribution in [0.25, 0.3) is 0 Å². The van der Waals surface area contributed by atoms with Gasteiger partial charge in [-0.2, -0.15) is 26.3 Å². The molecule has 3 atom stereocenters. The van der Waals surface area contributed by atoms with Gasteiger partial charge in [0.2, 0.25) is 5.91 Å². The number of carbonyl (C=O) groups excluding carboxylic acids is 3. The first kappa shape index (κ1) is 29.1. The molecule has 2 N–H and O–H groups in total. The molecule has 0 spiro atoms. The molecule has 214 valence electrons. The molecule has 1 aliphatic heterocycles. The van der Waals surface area contributed by atoms with Gasteiger partial charge in [-0.15, -0.1) is 6.58 Å². The minimum absolute atomic E-state index is 0.00922. The summed E-state index contributed by atoms with van der Waals surface area (Å²) in [4.78, 5) is 39.5. The molecule has 13 heteroatoms. The van der Waals surface area contributed by atoms with E-state index in [1.54, 1.807) is 5.32 Å². The quantitative estimate of drug-likeness (QED) is 0.334. The molecule has 0 unspecified atom stereocenters. The average molecular weight is 571 g/mol. The molecule has 1 saturated carbocycles. The van der Waals surface area contributed by atoms with E-state index in [0.29, 0.717) is 18.9 Å². The molecule has 2 fully saturated rings. The molecule has 2 aromatic carbocycles. The van der Waals surface area contributed by atoms with Gasteiger partial charge >= 0.3 is 18.3 Å². The predicted molar refractivity (Wildman–Crippen MR) is 129 cm³/mol. The molecule has 2 aromatic rings. The fourth-order valence-electron chi connectivity index (χ4n) is 4.72. The molecule has 0 aromatic heterocycles. The number of carbonyl (C=O) groups is 3. The van der Waals surface area contributed by atoms with E-state index in [9.17, 15) is 45.1 Å². The average Bonchev–Trinajstić information content (AvgIpc) is 3.63. The summed E-state index contributed by atoms with van der Waals surface area (Å²) in [7, 11) is 0. The summed E-state index contributed by atoms with van der Waals surface area (Å²) in [5, 5.41) is 4.35. The molecule has 4 rings (SSSR count). The number of alkyl halides is 6. The molecular formula is C27H24F7N3O3. The van der Waals surface area contributed by atoms with Gasteiger partial charge in [0, 0.05) is 12.1 Å². The fourth-order valence-corrected chi connectivity index (χ4v) is 4.72. The van der Waals surface area contributed by atoms with Gasteiger partial charge in [0.1, 0.15) is 11.9 Å². The van der Waals surface area contributed by atoms with Gasteiger partial charge in [0.15, 0.2) is 0 Å². The van der Waals surface area contributed by atoms with Crippen molar-refractivity contribution >= 4 is 23.4 Å². The summed E-state index contributed by atoms with van der Waals surface area (Å²) < 4.78 is 92.3. The minimum Gasteiger partial charge on any atom is -0.347 e. The van der Waals surface area contributed by atoms with Crippen molar-refractivity contribution in [3.63, 3.8) is 0 Å². The zero-order chi connectivity index (χ0) is 29.4. The smallest absolute Gasteiger partial charge is 0.347 e. The van der Waals surface area contributed by atoms with Gasteiger partial charge in [-0.1, -0.05) is 24.3 Å². The van der Waals surface area contributed by atoms with E-state index >= 15 is 0 Å². The number of para-hydroxylation sites is 1. The minimum atomic E-state index is -5.20. The molecule has 1 saturated heterocycles. The van der Waals surface area contributed by atoms with E-state index in [-0.39, 0.29) is 35.9 Å². The number of rotatable bonds is 7. The number of likely N-dealkylation sites (tertiary alicyclic amines) is 1. The largest absolute Gasteiger partial charge is 0.471 e. The molecule has 6 nitrogen and oxygen atoms in total. The van der Waals surface area contributed by atoms with E-state index in [1.807, 2.05) is 0 Å². The van der Waals surface area contributed by atoms with Gasteiger partial charge in [-0.05, 0) is 55.4 Å². The summed E-state index contributed by atoms with van der Waals surface area (Å²) in [6, 6.07) is 5.00. The Hall–Kier alpha value is -3.90. The third-order valence-electron chi connectivity index (χ3n) is 6.95. The first-order valence-corrected chi connectivity index (χ1v) is 12.3. The van der Waals surface area contributed by atoms with Crippen molar-refractivity contribution in [1.82, 2.24) is 10.2 Å². The van der Waals surface area contributed by atoms with Crippen molar-refractivity contribution in [2.75, 3.05) is 11.9 Å². The van der Waals surface area contributed by atoms with Crippen LogP contribution in [0.4, 0.5) is 36.4 Å². The normalized spacial score (nSPS) is 20.1. The first-order valence-electron chi connectivity index (χ1n) is 12.3. The third-order valence-corrected chi connectivity index (χ3v) is 6.95. The summed E-state index contributed by atoms with van der Waals surface area (Å²) in [5.74, 6) is -5.53. The van der Waals surface area contributed by atoms with Crippen LogP contribution in [0.2, 0.25) is 0 Å². The summed E-state index contributed by atoms with van der Waals surface area (Å²) in [6.45, 7) is 3.67.